The SMILES string of the molecule is NN1CCO[C@H](c2ccccc2)C1. The molecule has 0 spiro atoms. The van der Waals surface area contributed by atoms with E-state index < -0.39 is 0 Å². The molecule has 3 nitrogen and oxygen atoms in total. The summed E-state index contributed by atoms with van der Waals surface area (Å²) in [5.74, 6) is 5.72. The molecular weight excluding hydrogens is 164 g/mol. The van der Waals surface area contributed by atoms with Gasteiger partial charge in [0, 0.05) is 13.1 Å². The molecular formula is C10H14N2O. The first-order valence-electron chi connectivity index (χ1n) is 4.52. The molecule has 2 rings (SSSR count). The lowest BCUT2D eigenvalue weighted by Crippen LogP contribution is -2.42. The molecule has 3 heteroatoms. The van der Waals surface area contributed by atoms with Gasteiger partial charge in [0.1, 0.15) is 0 Å². The summed E-state index contributed by atoms with van der Waals surface area (Å²) in [5, 5.41) is 1.81. The molecule has 0 amide bonds. The lowest BCUT2D eigenvalue weighted by molar-refractivity contribution is -0.0304. The summed E-state index contributed by atoms with van der Waals surface area (Å²) in [6, 6.07) is 10.2. The van der Waals surface area contributed by atoms with E-state index in [1.165, 1.54) is 5.56 Å². The molecule has 0 unspecified atom stereocenters. The highest BCUT2D eigenvalue weighted by Gasteiger charge is 2.19. The van der Waals surface area contributed by atoms with E-state index in [-0.39, 0.29) is 6.10 Å². The van der Waals surface area contributed by atoms with Gasteiger partial charge < -0.3 is 4.74 Å². The van der Waals surface area contributed by atoms with Crippen molar-refractivity contribution in [2.75, 3.05) is 19.7 Å². The number of rotatable bonds is 1. The fraction of sp³-hybridized carbons (Fsp3) is 0.400. The Bertz CT molecular complexity index is 263. The molecule has 13 heavy (non-hydrogen) atoms. The molecule has 1 fully saturated rings. The van der Waals surface area contributed by atoms with Gasteiger partial charge in [-0.3, -0.25) is 5.84 Å². The summed E-state index contributed by atoms with van der Waals surface area (Å²) in [5.41, 5.74) is 1.21. The van der Waals surface area contributed by atoms with Crippen LogP contribution in [0.1, 0.15) is 11.7 Å². The minimum absolute atomic E-state index is 0.139. The van der Waals surface area contributed by atoms with Crippen LogP contribution in [0.25, 0.3) is 0 Å². The fourth-order valence-corrected chi connectivity index (χ4v) is 1.54. The maximum atomic E-state index is 5.72. The Morgan fingerprint density at radius 1 is 1.31 bits per heavy atom. The van der Waals surface area contributed by atoms with Crippen molar-refractivity contribution in [3.8, 4) is 0 Å². The summed E-state index contributed by atoms with van der Waals surface area (Å²) >= 11 is 0. The molecule has 70 valence electrons. The zero-order valence-electron chi connectivity index (χ0n) is 7.52. The minimum Gasteiger partial charge on any atom is -0.371 e. The maximum Gasteiger partial charge on any atom is 0.0966 e. The normalized spacial score (nSPS) is 24.5. The zero-order valence-corrected chi connectivity index (χ0v) is 7.52. The van der Waals surface area contributed by atoms with Crippen molar-refractivity contribution >= 4 is 0 Å². The number of ether oxygens (including phenoxy) is 1. The number of hydrogen-bond donors (Lipinski definition) is 1. The zero-order chi connectivity index (χ0) is 9.10. The van der Waals surface area contributed by atoms with E-state index in [2.05, 4.69) is 12.1 Å². The molecule has 1 heterocycles. The van der Waals surface area contributed by atoms with Gasteiger partial charge in [0.15, 0.2) is 0 Å². The van der Waals surface area contributed by atoms with Crippen LogP contribution in [0.5, 0.6) is 0 Å². The van der Waals surface area contributed by atoms with Gasteiger partial charge in [0.05, 0.1) is 12.7 Å². The van der Waals surface area contributed by atoms with Crippen LogP contribution in [0, 0.1) is 0 Å². The van der Waals surface area contributed by atoms with Gasteiger partial charge >= 0.3 is 0 Å². The maximum absolute atomic E-state index is 5.72. The Morgan fingerprint density at radius 2 is 2.08 bits per heavy atom. The predicted octanol–water partition coefficient (Wildman–Crippen LogP) is 0.934. The van der Waals surface area contributed by atoms with E-state index in [9.17, 15) is 0 Å². The topological polar surface area (TPSA) is 38.5 Å². The second-order valence-electron chi connectivity index (χ2n) is 3.27. The smallest absolute Gasteiger partial charge is 0.0966 e. The lowest BCUT2D eigenvalue weighted by atomic mass is 10.1. The van der Waals surface area contributed by atoms with Crippen LogP contribution < -0.4 is 5.84 Å². The minimum atomic E-state index is 0.139. The standard InChI is InChI=1S/C10H14N2O/c11-12-6-7-13-10(8-12)9-4-2-1-3-5-9/h1-5,10H,6-8,11H2/t10-/m0/s1. The van der Waals surface area contributed by atoms with Crippen molar-refractivity contribution in [1.82, 2.24) is 5.01 Å². The van der Waals surface area contributed by atoms with Crippen LogP contribution >= 0.6 is 0 Å². The highest BCUT2D eigenvalue weighted by molar-refractivity contribution is 5.18. The predicted molar refractivity (Wildman–Crippen MR) is 50.9 cm³/mol. The number of hydrazine groups is 1. The van der Waals surface area contributed by atoms with Gasteiger partial charge in [-0.25, -0.2) is 5.01 Å². The van der Waals surface area contributed by atoms with Crippen molar-refractivity contribution in [2.24, 2.45) is 5.84 Å². The Balaban J connectivity index is 2.08. The molecule has 2 N–H and O–H groups in total. The van der Waals surface area contributed by atoms with Crippen LogP contribution in [0.4, 0.5) is 0 Å². The molecule has 0 radical (unpaired) electrons. The van der Waals surface area contributed by atoms with Crippen LogP contribution in [0.15, 0.2) is 30.3 Å². The molecule has 0 saturated carbocycles. The molecule has 1 aliphatic rings. The Hall–Kier alpha value is -0.900. The van der Waals surface area contributed by atoms with E-state index >= 15 is 0 Å². The summed E-state index contributed by atoms with van der Waals surface area (Å²) in [6.07, 6.45) is 0.139. The van der Waals surface area contributed by atoms with Crippen molar-refractivity contribution in [2.45, 2.75) is 6.10 Å². The number of hydrogen-bond acceptors (Lipinski definition) is 3. The fourth-order valence-electron chi connectivity index (χ4n) is 1.54. The van der Waals surface area contributed by atoms with E-state index in [4.69, 9.17) is 10.6 Å². The lowest BCUT2D eigenvalue weighted by Gasteiger charge is -2.29. The van der Waals surface area contributed by atoms with Crippen molar-refractivity contribution in [1.29, 1.82) is 0 Å². The van der Waals surface area contributed by atoms with Crippen molar-refractivity contribution in [3.63, 3.8) is 0 Å². The van der Waals surface area contributed by atoms with Crippen LogP contribution in [0.3, 0.4) is 0 Å². The first-order valence-corrected chi connectivity index (χ1v) is 4.52. The number of nitrogens with two attached hydrogens (primary N) is 1. The molecule has 1 aliphatic heterocycles. The van der Waals surface area contributed by atoms with Gasteiger partial charge in [-0.1, -0.05) is 30.3 Å². The van der Waals surface area contributed by atoms with Crippen molar-refractivity contribution < 1.29 is 4.74 Å². The van der Waals surface area contributed by atoms with Crippen molar-refractivity contribution in [3.05, 3.63) is 35.9 Å². The number of nitrogens with zero attached hydrogens (tertiary/aromatic N) is 1. The summed E-state index contributed by atoms with van der Waals surface area (Å²) in [7, 11) is 0. The first kappa shape index (κ1) is 8.69. The summed E-state index contributed by atoms with van der Waals surface area (Å²) in [6.45, 7) is 2.32. The van der Waals surface area contributed by atoms with Gasteiger partial charge in [-0.05, 0) is 5.56 Å². The molecule has 0 bridgehead atoms. The van der Waals surface area contributed by atoms with Crippen LogP contribution in [-0.2, 0) is 4.74 Å². The van der Waals surface area contributed by atoms with E-state index in [0.717, 1.165) is 19.7 Å². The quantitative estimate of drug-likeness (QED) is 0.650. The molecule has 1 aromatic carbocycles. The largest absolute Gasteiger partial charge is 0.371 e. The van der Waals surface area contributed by atoms with Gasteiger partial charge in [-0.2, -0.15) is 0 Å². The molecule has 1 saturated heterocycles. The highest BCUT2D eigenvalue weighted by atomic mass is 16.5. The number of morpholine rings is 1. The second kappa shape index (κ2) is 3.87. The third kappa shape index (κ3) is 2.06. The summed E-state index contributed by atoms with van der Waals surface area (Å²) < 4.78 is 5.61. The Labute approximate surface area is 78.1 Å². The first-order chi connectivity index (χ1) is 6.36. The van der Waals surface area contributed by atoms with E-state index in [0.29, 0.717) is 0 Å². The average molecular weight is 178 g/mol. The Kier molecular flexibility index (Phi) is 2.59. The molecule has 0 aromatic heterocycles. The third-order valence-corrected chi connectivity index (χ3v) is 2.27. The van der Waals surface area contributed by atoms with Gasteiger partial charge in [0.25, 0.3) is 0 Å². The second-order valence-corrected chi connectivity index (χ2v) is 3.27. The van der Waals surface area contributed by atoms with Crippen LogP contribution in [0.2, 0.25) is 0 Å². The molecule has 1 aromatic rings. The Morgan fingerprint density at radius 3 is 2.77 bits per heavy atom. The molecule has 1 atom stereocenters. The summed E-state index contributed by atoms with van der Waals surface area (Å²) in [4.78, 5) is 0. The van der Waals surface area contributed by atoms with E-state index in [1.54, 1.807) is 5.01 Å². The van der Waals surface area contributed by atoms with Crippen LogP contribution in [-0.4, -0.2) is 24.7 Å². The van der Waals surface area contributed by atoms with Gasteiger partial charge in [-0.15, -0.1) is 0 Å². The highest BCUT2D eigenvalue weighted by Crippen LogP contribution is 2.19. The van der Waals surface area contributed by atoms with Gasteiger partial charge in [0.2, 0.25) is 0 Å². The third-order valence-electron chi connectivity index (χ3n) is 2.27. The monoisotopic (exact) mass is 178 g/mol. The molecule has 0 aliphatic carbocycles. The number of benzene rings is 1. The van der Waals surface area contributed by atoms with E-state index in [1.807, 2.05) is 18.2 Å². The average Bonchev–Trinajstić information content (AvgIpc) is 2.19.